The zero-order valence-corrected chi connectivity index (χ0v) is 35.0. The average molecular weight is 831 g/mol. The van der Waals surface area contributed by atoms with Crippen LogP contribution in [0.4, 0.5) is 9.59 Å². The molecule has 0 spiro atoms. The van der Waals surface area contributed by atoms with E-state index in [1.165, 1.54) is 18.9 Å². The number of hydrogen-bond acceptors (Lipinski definition) is 10. The molecule has 14 nitrogen and oxygen atoms in total. The Hall–Kier alpha value is -6.22. The van der Waals surface area contributed by atoms with Crippen molar-refractivity contribution in [3.8, 4) is 21.7 Å². The van der Waals surface area contributed by atoms with Gasteiger partial charge in [-0.25, -0.2) is 14.6 Å². The third-order valence-corrected chi connectivity index (χ3v) is 12.8. The molecule has 5 heterocycles. The summed E-state index contributed by atoms with van der Waals surface area (Å²) in [5, 5.41) is 10.1. The van der Waals surface area contributed by atoms with Crippen molar-refractivity contribution >= 4 is 51.3 Å². The van der Waals surface area contributed by atoms with Gasteiger partial charge in [0.15, 0.2) is 0 Å². The Balaban J connectivity index is 0.941. The standard InChI is InChI=1S/C45H50N8O6S/c1-26(2)38(50-44(56)58-3)42(54)52-20-8-12-34(52)41-47-25-33(49-41)30-18-19-31-23-36(60-37(31)22-30)28-16-14-27(15-17-28)32-24-46-40(48-32)35-13-9-21-53(35)43(55)39(51-45(57)59-4)29-10-6-5-7-11-29/h5-7,10-11,14-19,22-24,26,33-35,38-39H,8-9,12-13,20-21,25H2,1-4H3,(H,46,48)(H,47,49)(H,50,56)(H,51,57)/t33?,34-,35-,38-,39+/m0/s1. The van der Waals surface area contributed by atoms with Crippen LogP contribution < -0.4 is 16.0 Å². The SMILES string of the molecule is COC(=O)N[C@H](C(=O)N1CCC[C@H]1C1=NC(c2ccc3cc(-c4ccc(-c5cnc([C@@H]6CCCN6C(=O)[C@H](NC(=O)OC)c6ccccc6)[nH]5)cc4)sc3c2)CN1)C(C)C. The second-order valence-electron chi connectivity index (χ2n) is 15.8. The Morgan fingerprint density at radius 3 is 2.22 bits per heavy atom. The maximum atomic E-state index is 13.9. The van der Waals surface area contributed by atoms with E-state index in [0.29, 0.717) is 31.0 Å². The van der Waals surface area contributed by atoms with Crippen LogP contribution in [0.25, 0.3) is 31.8 Å². The fraction of sp³-hybridized carbons (Fsp3) is 0.378. The van der Waals surface area contributed by atoms with Gasteiger partial charge in [-0.05, 0) is 71.4 Å². The molecule has 312 valence electrons. The second kappa shape index (κ2) is 17.6. The summed E-state index contributed by atoms with van der Waals surface area (Å²) in [4.78, 5) is 69.9. The number of amidine groups is 1. The highest BCUT2D eigenvalue weighted by atomic mass is 32.1. The van der Waals surface area contributed by atoms with E-state index in [2.05, 4.69) is 69.5 Å². The summed E-state index contributed by atoms with van der Waals surface area (Å²) in [5.74, 6) is 1.11. The van der Waals surface area contributed by atoms with Gasteiger partial charge in [-0.2, -0.15) is 0 Å². The van der Waals surface area contributed by atoms with Gasteiger partial charge >= 0.3 is 12.2 Å². The summed E-state index contributed by atoms with van der Waals surface area (Å²) in [6, 6.07) is 24.3. The van der Waals surface area contributed by atoms with Gasteiger partial charge in [-0.15, -0.1) is 11.3 Å². The molecule has 3 aromatic carbocycles. The molecule has 3 aliphatic rings. The number of amides is 4. The van der Waals surface area contributed by atoms with Crippen molar-refractivity contribution in [2.24, 2.45) is 10.9 Å². The predicted molar refractivity (Wildman–Crippen MR) is 230 cm³/mol. The van der Waals surface area contributed by atoms with Gasteiger partial charge in [0, 0.05) is 29.2 Å². The first-order chi connectivity index (χ1) is 29.1. The molecular formula is C45H50N8O6S. The van der Waals surface area contributed by atoms with E-state index in [1.54, 1.807) is 16.2 Å². The Morgan fingerprint density at radius 1 is 0.817 bits per heavy atom. The lowest BCUT2D eigenvalue weighted by Gasteiger charge is -2.30. The molecule has 1 unspecified atom stereocenters. The van der Waals surface area contributed by atoms with Crippen LogP contribution in [0, 0.1) is 5.92 Å². The number of benzene rings is 3. The third kappa shape index (κ3) is 8.31. The lowest BCUT2D eigenvalue weighted by molar-refractivity contribution is -0.135. The number of aliphatic imine (C=N–C) groups is 1. The Bertz CT molecular complexity index is 2390. The molecule has 60 heavy (non-hydrogen) atoms. The van der Waals surface area contributed by atoms with Crippen molar-refractivity contribution in [2.45, 2.75) is 69.7 Å². The van der Waals surface area contributed by atoms with Crippen LogP contribution in [-0.4, -0.2) is 95.5 Å². The lowest BCUT2D eigenvalue weighted by Crippen LogP contribution is -2.54. The van der Waals surface area contributed by atoms with E-state index in [-0.39, 0.29) is 35.9 Å². The number of H-pyrrole nitrogens is 1. The van der Waals surface area contributed by atoms with Crippen LogP contribution in [0.15, 0.2) is 90.1 Å². The van der Waals surface area contributed by atoms with Crippen LogP contribution >= 0.6 is 11.3 Å². The van der Waals surface area contributed by atoms with Gasteiger partial charge < -0.3 is 40.2 Å². The zero-order chi connectivity index (χ0) is 41.9. The number of methoxy groups -OCH3 is 2. The number of imidazole rings is 1. The summed E-state index contributed by atoms with van der Waals surface area (Å²) >= 11 is 1.74. The van der Waals surface area contributed by atoms with Crippen molar-refractivity contribution in [2.75, 3.05) is 33.9 Å². The Kier molecular flexibility index (Phi) is 11.9. The molecule has 0 aliphatic carbocycles. The number of ether oxygens (including phenoxy) is 2. The van der Waals surface area contributed by atoms with Crippen molar-refractivity contribution < 1.29 is 28.7 Å². The first-order valence-electron chi connectivity index (χ1n) is 20.5. The highest BCUT2D eigenvalue weighted by Gasteiger charge is 2.40. The monoisotopic (exact) mass is 830 g/mol. The van der Waals surface area contributed by atoms with Crippen LogP contribution in [-0.2, 0) is 19.1 Å². The largest absolute Gasteiger partial charge is 0.453 e. The molecule has 0 saturated carbocycles. The third-order valence-electron chi connectivity index (χ3n) is 11.7. The van der Waals surface area contributed by atoms with E-state index in [0.717, 1.165) is 64.2 Å². The molecular weight excluding hydrogens is 781 g/mol. The highest BCUT2D eigenvalue weighted by Crippen LogP contribution is 2.38. The summed E-state index contributed by atoms with van der Waals surface area (Å²) in [6.07, 6.45) is 3.79. The van der Waals surface area contributed by atoms with E-state index >= 15 is 0 Å². The van der Waals surface area contributed by atoms with E-state index in [4.69, 9.17) is 19.5 Å². The molecule has 0 radical (unpaired) electrons. The number of fused-ring (bicyclic) bond motifs is 1. The first kappa shape index (κ1) is 40.6. The quantitative estimate of drug-likeness (QED) is 0.109. The number of carbonyl (C=O) groups is 4. The predicted octanol–water partition coefficient (Wildman–Crippen LogP) is 7.13. The average Bonchev–Trinajstić information content (AvgIpc) is 4.13. The van der Waals surface area contributed by atoms with E-state index in [1.807, 2.05) is 55.3 Å². The summed E-state index contributed by atoms with van der Waals surface area (Å²) in [7, 11) is 2.58. The van der Waals surface area contributed by atoms with Crippen LogP contribution in [0.5, 0.6) is 0 Å². The molecule has 5 atom stereocenters. The number of nitrogens with zero attached hydrogens (tertiary/aromatic N) is 4. The van der Waals surface area contributed by atoms with Crippen molar-refractivity contribution in [1.29, 1.82) is 0 Å². The zero-order valence-electron chi connectivity index (χ0n) is 34.1. The van der Waals surface area contributed by atoms with Crippen molar-refractivity contribution in [3.05, 3.63) is 102 Å². The fourth-order valence-corrected chi connectivity index (χ4v) is 9.62. The number of nitrogens with one attached hydrogen (secondary N) is 4. The fourth-order valence-electron chi connectivity index (χ4n) is 8.50. The molecule has 4 N–H and O–H groups in total. The minimum atomic E-state index is -0.878. The Morgan fingerprint density at radius 2 is 1.50 bits per heavy atom. The van der Waals surface area contributed by atoms with Gasteiger partial charge in [0.25, 0.3) is 5.91 Å². The lowest BCUT2D eigenvalue weighted by atomic mass is 10.0. The molecule has 2 aromatic heterocycles. The topological polar surface area (TPSA) is 170 Å². The minimum Gasteiger partial charge on any atom is -0.453 e. The van der Waals surface area contributed by atoms with Crippen LogP contribution in [0.2, 0.25) is 0 Å². The van der Waals surface area contributed by atoms with Gasteiger partial charge in [-0.3, -0.25) is 14.6 Å². The molecule has 0 bridgehead atoms. The van der Waals surface area contributed by atoms with E-state index in [9.17, 15) is 19.2 Å². The molecule has 2 fully saturated rings. The van der Waals surface area contributed by atoms with Gasteiger partial charge in [-0.1, -0.05) is 80.6 Å². The normalized spacial score (nSPS) is 19.8. The number of rotatable bonds is 11. The van der Waals surface area contributed by atoms with Gasteiger partial charge in [0.05, 0.1) is 44.2 Å². The molecule has 5 aromatic rings. The summed E-state index contributed by atoms with van der Waals surface area (Å²) in [5.41, 5.74) is 4.74. The smallest absolute Gasteiger partial charge is 0.407 e. The van der Waals surface area contributed by atoms with Crippen LogP contribution in [0.3, 0.4) is 0 Å². The molecule has 15 heteroatoms. The van der Waals surface area contributed by atoms with E-state index < -0.39 is 24.3 Å². The number of thiophene rings is 1. The first-order valence-corrected chi connectivity index (χ1v) is 21.3. The van der Waals surface area contributed by atoms with Crippen molar-refractivity contribution in [1.82, 2.24) is 35.7 Å². The number of aromatic nitrogens is 2. The summed E-state index contributed by atoms with van der Waals surface area (Å²) < 4.78 is 10.8. The van der Waals surface area contributed by atoms with Crippen LogP contribution in [0.1, 0.15) is 74.6 Å². The number of alkyl carbamates (subject to hydrolysis) is 2. The second-order valence-corrected chi connectivity index (χ2v) is 16.9. The molecule has 2 saturated heterocycles. The summed E-state index contributed by atoms with van der Waals surface area (Å²) in [6.45, 7) is 5.65. The number of carbonyl (C=O) groups excluding carboxylic acids is 4. The molecule has 3 aliphatic heterocycles. The molecule has 8 rings (SSSR count). The highest BCUT2D eigenvalue weighted by molar-refractivity contribution is 7.22. The maximum absolute atomic E-state index is 13.9. The van der Waals surface area contributed by atoms with Crippen molar-refractivity contribution in [3.63, 3.8) is 0 Å². The minimum absolute atomic E-state index is 0.0728. The maximum Gasteiger partial charge on any atom is 0.407 e. The number of likely N-dealkylation sites (tertiary alicyclic amines) is 2. The Labute approximate surface area is 352 Å². The molecule has 4 amide bonds. The number of hydrogen-bond donors (Lipinski definition) is 4. The van der Waals surface area contributed by atoms with Gasteiger partial charge in [0.1, 0.15) is 23.7 Å². The van der Waals surface area contributed by atoms with Gasteiger partial charge in [0.2, 0.25) is 5.91 Å². The number of aromatic amines is 1.